The van der Waals surface area contributed by atoms with Crippen LogP contribution in [0.15, 0.2) is 42.5 Å². The molecule has 1 aromatic heterocycles. The van der Waals surface area contributed by atoms with E-state index < -0.39 is 0 Å². The zero-order chi connectivity index (χ0) is 13.8. The first-order chi connectivity index (χ1) is 9.06. The number of anilines is 1. The highest BCUT2D eigenvalue weighted by Crippen LogP contribution is 2.24. The molecule has 0 aliphatic carbocycles. The Balaban J connectivity index is 2.23. The standard InChI is InChI=1S/C14H15N3OS/c1-17(2)10-5-3-6-11(9-10)18-13-8-4-7-12(16-13)14(15)19/h3-9H,1-2H3,(H2,15,19). The van der Waals surface area contributed by atoms with E-state index in [1.165, 1.54) is 0 Å². The van der Waals surface area contributed by atoms with E-state index in [4.69, 9.17) is 22.7 Å². The first kappa shape index (κ1) is 13.3. The van der Waals surface area contributed by atoms with E-state index in [-0.39, 0.29) is 4.99 Å². The van der Waals surface area contributed by atoms with Crippen molar-refractivity contribution in [1.29, 1.82) is 0 Å². The Morgan fingerprint density at radius 3 is 2.63 bits per heavy atom. The molecule has 0 saturated carbocycles. The Kier molecular flexibility index (Phi) is 3.97. The smallest absolute Gasteiger partial charge is 0.219 e. The average Bonchev–Trinajstić information content (AvgIpc) is 2.39. The summed E-state index contributed by atoms with van der Waals surface area (Å²) in [5.74, 6) is 1.19. The normalized spacial score (nSPS) is 10.0. The lowest BCUT2D eigenvalue weighted by Gasteiger charge is -2.13. The second kappa shape index (κ2) is 5.67. The van der Waals surface area contributed by atoms with Crippen molar-refractivity contribution in [1.82, 2.24) is 4.98 Å². The molecule has 0 radical (unpaired) electrons. The van der Waals surface area contributed by atoms with Gasteiger partial charge in [0.05, 0.1) is 0 Å². The van der Waals surface area contributed by atoms with E-state index in [1.54, 1.807) is 12.1 Å². The molecule has 5 heteroatoms. The van der Waals surface area contributed by atoms with Crippen molar-refractivity contribution in [3.63, 3.8) is 0 Å². The molecule has 0 fully saturated rings. The lowest BCUT2D eigenvalue weighted by atomic mass is 10.3. The van der Waals surface area contributed by atoms with Crippen LogP contribution in [0.3, 0.4) is 0 Å². The molecule has 0 bridgehead atoms. The number of pyridine rings is 1. The molecule has 1 heterocycles. The van der Waals surface area contributed by atoms with E-state index in [9.17, 15) is 0 Å². The van der Waals surface area contributed by atoms with Gasteiger partial charge in [0.15, 0.2) is 0 Å². The van der Waals surface area contributed by atoms with Crippen LogP contribution in [-0.2, 0) is 0 Å². The highest BCUT2D eigenvalue weighted by molar-refractivity contribution is 7.80. The number of benzene rings is 1. The van der Waals surface area contributed by atoms with Gasteiger partial charge in [-0.2, -0.15) is 0 Å². The molecule has 0 saturated heterocycles. The van der Waals surface area contributed by atoms with Crippen LogP contribution in [0, 0.1) is 0 Å². The van der Waals surface area contributed by atoms with Gasteiger partial charge in [0, 0.05) is 31.9 Å². The minimum Gasteiger partial charge on any atom is -0.439 e. The van der Waals surface area contributed by atoms with Gasteiger partial charge in [0.25, 0.3) is 0 Å². The number of thiocarbonyl (C=S) groups is 1. The van der Waals surface area contributed by atoms with Crippen molar-refractivity contribution in [2.75, 3.05) is 19.0 Å². The topological polar surface area (TPSA) is 51.4 Å². The van der Waals surface area contributed by atoms with Gasteiger partial charge in [0.2, 0.25) is 5.88 Å². The summed E-state index contributed by atoms with van der Waals surface area (Å²) in [6.07, 6.45) is 0. The van der Waals surface area contributed by atoms with Crippen LogP contribution in [-0.4, -0.2) is 24.1 Å². The van der Waals surface area contributed by atoms with Gasteiger partial charge >= 0.3 is 0 Å². The molecular formula is C14H15N3OS. The number of nitrogens with two attached hydrogens (primary N) is 1. The van der Waals surface area contributed by atoms with Crippen molar-refractivity contribution in [2.45, 2.75) is 0 Å². The number of rotatable bonds is 4. The van der Waals surface area contributed by atoms with Crippen molar-refractivity contribution >= 4 is 22.9 Å². The summed E-state index contributed by atoms with van der Waals surface area (Å²) in [6, 6.07) is 13.1. The second-order valence-corrected chi connectivity index (χ2v) is 4.66. The quantitative estimate of drug-likeness (QED) is 0.868. The molecule has 0 spiro atoms. The lowest BCUT2D eigenvalue weighted by molar-refractivity contribution is 0.463. The third-order valence-electron chi connectivity index (χ3n) is 2.53. The number of hydrogen-bond donors (Lipinski definition) is 1. The Hall–Kier alpha value is -2.14. The van der Waals surface area contributed by atoms with Gasteiger partial charge in [0.1, 0.15) is 16.4 Å². The highest BCUT2D eigenvalue weighted by atomic mass is 32.1. The Morgan fingerprint density at radius 2 is 1.95 bits per heavy atom. The summed E-state index contributed by atoms with van der Waals surface area (Å²) >= 11 is 4.89. The van der Waals surface area contributed by atoms with E-state index in [0.29, 0.717) is 11.6 Å². The van der Waals surface area contributed by atoms with Crippen LogP contribution in [0.5, 0.6) is 11.6 Å². The molecule has 0 aliphatic rings. The van der Waals surface area contributed by atoms with Crippen LogP contribution in [0.4, 0.5) is 5.69 Å². The van der Waals surface area contributed by atoms with E-state index >= 15 is 0 Å². The first-order valence-electron chi connectivity index (χ1n) is 5.78. The molecule has 2 rings (SSSR count). The fourth-order valence-electron chi connectivity index (χ4n) is 1.55. The maximum Gasteiger partial charge on any atom is 0.219 e. The number of aromatic nitrogens is 1. The number of hydrogen-bond acceptors (Lipinski definition) is 4. The molecular weight excluding hydrogens is 258 g/mol. The minimum atomic E-state index is 0.257. The molecule has 4 nitrogen and oxygen atoms in total. The third kappa shape index (κ3) is 3.42. The molecule has 0 amide bonds. The van der Waals surface area contributed by atoms with Gasteiger partial charge in [-0.25, -0.2) is 4.98 Å². The zero-order valence-electron chi connectivity index (χ0n) is 10.8. The molecule has 0 aliphatic heterocycles. The van der Waals surface area contributed by atoms with E-state index in [1.807, 2.05) is 49.3 Å². The van der Waals surface area contributed by atoms with E-state index in [0.717, 1.165) is 11.4 Å². The molecule has 0 unspecified atom stereocenters. The van der Waals surface area contributed by atoms with Crippen molar-refractivity contribution in [2.24, 2.45) is 5.73 Å². The van der Waals surface area contributed by atoms with Gasteiger partial charge in [-0.15, -0.1) is 0 Å². The summed E-state index contributed by atoms with van der Waals surface area (Å²) in [6.45, 7) is 0. The van der Waals surface area contributed by atoms with Crippen LogP contribution < -0.4 is 15.4 Å². The van der Waals surface area contributed by atoms with E-state index in [2.05, 4.69) is 4.98 Å². The van der Waals surface area contributed by atoms with Crippen LogP contribution in [0.2, 0.25) is 0 Å². The Labute approximate surface area is 117 Å². The Morgan fingerprint density at radius 1 is 1.21 bits per heavy atom. The number of ether oxygens (including phenoxy) is 1. The predicted octanol–water partition coefficient (Wildman–Crippen LogP) is 2.57. The molecule has 0 atom stereocenters. The van der Waals surface area contributed by atoms with Gasteiger partial charge in [-0.05, 0) is 18.2 Å². The fourth-order valence-corrected chi connectivity index (χ4v) is 1.67. The van der Waals surface area contributed by atoms with Crippen molar-refractivity contribution in [3.05, 3.63) is 48.2 Å². The summed E-state index contributed by atoms with van der Waals surface area (Å²) < 4.78 is 5.71. The summed E-state index contributed by atoms with van der Waals surface area (Å²) in [5.41, 5.74) is 7.16. The minimum absolute atomic E-state index is 0.257. The van der Waals surface area contributed by atoms with Crippen molar-refractivity contribution < 1.29 is 4.74 Å². The van der Waals surface area contributed by atoms with Gasteiger partial charge in [-0.1, -0.05) is 24.4 Å². The first-order valence-corrected chi connectivity index (χ1v) is 6.19. The molecule has 1 aromatic carbocycles. The van der Waals surface area contributed by atoms with Crippen LogP contribution in [0.1, 0.15) is 5.69 Å². The largest absolute Gasteiger partial charge is 0.439 e. The van der Waals surface area contributed by atoms with Gasteiger partial charge < -0.3 is 15.4 Å². The van der Waals surface area contributed by atoms with Crippen LogP contribution in [0.25, 0.3) is 0 Å². The highest BCUT2D eigenvalue weighted by Gasteiger charge is 2.04. The monoisotopic (exact) mass is 273 g/mol. The lowest BCUT2D eigenvalue weighted by Crippen LogP contribution is -2.11. The van der Waals surface area contributed by atoms with Gasteiger partial charge in [-0.3, -0.25) is 0 Å². The SMILES string of the molecule is CN(C)c1cccc(Oc2cccc(C(N)=S)n2)c1. The third-order valence-corrected chi connectivity index (χ3v) is 2.74. The Bertz CT molecular complexity index is 599. The second-order valence-electron chi connectivity index (χ2n) is 4.22. The molecule has 98 valence electrons. The molecule has 2 N–H and O–H groups in total. The summed E-state index contributed by atoms with van der Waals surface area (Å²) in [5, 5.41) is 0. The predicted molar refractivity (Wildman–Crippen MR) is 81.0 cm³/mol. The van der Waals surface area contributed by atoms with Crippen LogP contribution >= 0.6 is 12.2 Å². The van der Waals surface area contributed by atoms with Crippen molar-refractivity contribution in [3.8, 4) is 11.6 Å². The fraction of sp³-hybridized carbons (Fsp3) is 0.143. The average molecular weight is 273 g/mol. The molecule has 2 aromatic rings. The summed E-state index contributed by atoms with van der Waals surface area (Å²) in [4.78, 5) is 6.50. The maximum absolute atomic E-state index is 5.71. The summed E-state index contributed by atoms with van der Waals surface area (Å²) in [7, 11) is 3.95. The number of nitrogens with zero attached hydrogens (tertiary/aromatic N) is 2. The molecule has 19 heavy (non-hydrogen) atoms. The zero-order valence-corrected chi connectivity index (χ0v) is 11.6. The maximum atomic E-state index is 5.71.